The molecule has 0 unspecified atom stereocenters. The number of hydrogen-bond acceptors (Lipinski definition) is 4. The Labute approximate surface area is 124 Å². The van der Waals surface area contributed by atoms with E-state index in [1.54, 1.807) is 45.0 Å². The molecule has 0 saturated heterocycles. The Balaban J connectivity index is 1.95. The van der Waals surface area contributed by atoms with Gasteiger partial charge in [-0.1, -0.05) is 18.2 Å². The number of carbonyl (C=O) groups is 1. The number of ether oxygens (including phenoxy) is 3. The van der Waals surface area contributed by atoms with E-state index in [0.29, 0.717) is 11.5 Å². The van der Waals surface area contributed by atoms with Crippen molar-refractivity contribution in [3.8, 4) is 17.2 Å². The van der Waals surface area contributed by atoms with Gasteiger partial charge in [0, 0.05) is 0 Å². The Bertz CT molecular complexity index is 582. The van der Waals surface area contributed by atoms with Crippen molar-refractivity contribution in [3.05, 3.63) is 54.6 Å². The maximum Gasteiger partial charge on any atom is 0.514 e. The van der Waals surface area contributed by atoms with Gasteiger partial charge in [0.15, 0.2) is 0 Å². The second-order valence-corrected chi connectivity index (χ2v) is 5.45. The van der Waals surface area contributed by atoms with Crippen molar-refractivity contribution < 1.29 is 19.0 Å². The van der Waals surface area contributed by atoms with Gasteiger partial charge < -0.3 is 14.2 Å². The molecule has 0 radical (unpaired) electrons. The maximum atomic E-state index is 11.5. The van der Waals surface area contributed by atoms with Crippen LogP contribution in [-0.2, 0) is 4.74 Å². The zero-order valence-corrected chi connectivity index (χ0v) is 12.3. The summed E-state index contributed by atoms with van der Waals surface area (Å²) in [7, 11) is 0. The van der Waals surface area contributed by atoms with E-state index in [4.69, 9.17) is 14.2 Å². The number of hydrogen-bond donors (Lipinski definition) is 0. The lowest BCUT2D eigenvalue weighted by Crippen LogP contribution is -2.25. The zero-order chi connectivity index (χ0) is 15.3. The molecule has 0 aliphatic carbocycles. The first-order valence-electron chi connectivity index (χ1n) is 6.66. The molecule has 0 bridgehead atoms. The third-order valence-electron chi connectivity index (χ3n) is 2.39. The lowest BCUT2D eigenvalue weighted by atomic mass is 10.2. The van der Waals surface area contributed by atoms with E-state index in [1.165, 1.54) is 0 Å². The van der Waals surface area contributed by atoms with Gasteiger partial charge in [0.1, 0.15) is 22.8 Å². The molecule has 2 rings (SSSR count). The van der Waals surface area contributed by atoms with Crippen LogP contribution in [0.15, 0.2) is 54.6 Å². The second-order valence-electron chi connectivity index (χ2n) is 5.45. The molecule has 0 amide bonds. The van der Waals surface area contributed by atoms with Crippen LogP contribution in [0.1, 0.15) is 20.8 Å². The van der Waals surface area contributed by atoms with Crippen molar-refractivity contribution in [1.29, 1.82) is 0 Å². The van der Waals surface area contributed by atoms with Crippen LogP contribution in [0.4, 0.5) is 4.79 Å². The van der Waals surface area contributed by atoms with Gasteiger partial charge in [0.2, 0.25) is 0 Å². The molecule has 0 saturated carbocycles. The van der Waals surface area contributed by atoms with E-state index in [-0.39, 0.29) is 0 Å². The third-order valence-corrected chi connectivity index (χ3v) is 2.39. The SMILES string of the molecule is CC(C)(C)OC(=O)Oc1ccc(Oc2ccccc2)cc1. The van der Waals surface area contributed by atoms with E-state index in [2.05, 4.69) is 0 Å². The van der Waals surface area contributed by atoms with Crippen LogP contribution < -0.4 is 9.47 Å². The molecule has 2 aromatic rings. The van der Waals surface area contributed by atoms with E-state index < -0.39 is 11.8 Å². The zero-order valence-electron chi connectivity index (χ0n) is 12.3. The largest absolute Gasteiger partial charge is 0.514 e. The summed E-state index contributed by atoms with van der Waals surface area (Å²) in [6.07, 6.45) is -0.723. The van der Waals surface area contributed by atoms with E-state index in [1.807, 2.05) is 30.3 Å². The van der Waals surface area contributed by atoms with Crippen molar-refractivity contribution in [2.45, 2.75) is 26.4 Å². The second kappa shape index (κ2) is 6.31. The predicted molar refractivity (Wildman–Crippen MR) is 79.8 cm³/mol. The first-order valence-corrected chi connectivity index (χ1v) is 6.66. The molecule has 0 spiro atoms. The normalized spacial score (nSPS) is 10.8. The van der Waals surface area contributed by atoms with Crippen molar-refractivity contribution in [2.75, 3.05) is 0 Å². The Hall–Kier alpha value is -2.49. The van der Waals surface area contributed by atoms with E-state index >= 15 is 0 Å². The monoisotopic (exact) mass is 286 g/mol. The Morgan fingerprint density at radius 2 is 1.33 bits per heavy atom. The molecule has 0 aliphatic heterocycles. The minimum Gasteiger partial charge on any atom is -0.457 e. The molecular formula is C17H18O4. The van der Waals surface area contributed by atoms with Crippen LogP contribution >= 0.6 is 0 Å². The van der Waals surface area contributed by atoms with Gasteiger partial charge in [-0.15, -0.1) is 0 Å². The maximum absolute atomic E-state index is 11.5. The van der Waals surface area contributed by atoms with Gasteiger partial charge >= 0.3 is 6.16 Å². The number of benzene rings is 2. The molecule has 4 nitrogen and oxygen atoms in total. The summed E-state index contributed by atoms with van der Waals surface area (Å²) in [6.45, 7) is 5.35. The molecule has 2 aromatic carbocycles. The van der Waals surface area contributed by atoms with Crippen LogP contribution in [0.3, 0.4) is 0 Å². The molecule has 4 heteroatoms. The van der Waals surface area contributed by atoms with Gasteiger partial charge in [0.05, 0.1) is 0 Å². The van der Waals surface area contributed by atoms with Crippen LogP contribution in [-0.4, -0.2) is 11.8 Å². The molecule has 21 heavy (non-hydrogen) atoms. The lowest BCUT2D eigenvalue weighted by molar-refractivity contribution is 0.0206. The van der Waals surface area contributed by atoms with Crippen LogP contribution in [0.25, 0.3) is 0 Å². The lowest BCUT2D eigenvalue weighted by Gasteiger charge is -2.18. The highest BCUT2D eigenvalue weighted by Gasteiger charge is 2.17. The third kappa shape index (κ3) is 5.18. The number of carbonyl (C=O) groups excluding carboxylic acids is 1. The van der Waals surface area contributed by atoms with Crippen LogP contribution in [0.5, 0.6) is 17.2 Å². The number of rotatable bonds is 3. The highest BCUT2D eigenvalue weighted by Crippen LogP contribution is 2.24. The van der Waals surface area contributed by atoms with Crippen LogP contribution in [0.2, 0.25) is 0 Å². The fourth-order valence-electron chi connectivity index (χ4n) is 1.57. The smallest absolute Gasteiger partial charge is 0.457 e. The van der Waals surface area contributed by atoms with Crippen molar-refractivity contribution in [2.24, 2.45) is 0 Å². The average Bonchev–Trinajstić information content (AvgIpc) is 2.40. The topological polar surface area (TPSA) is 44.8 Å². The first kappa shape index (κ1) is 14.9. The molecule has 0 fully saturated rings. The van der Waals surface area contributed by atoms with Crippen molar-refractivity contribution in [1.82, 2.24) is 0 Å². The summed E-state index contributed by atoms with van der Waals surface area (Å²) in [4.78, 5) is 11.5. The van der Waals surface area contributed by atoms with Gasteiger partial charge in [-0.05, 0) is 57.2 Å². The van der Waals surface area contributed by atoms with Gasteiger partial charge in [-0.3, -0.25) is 0 Å². The quantitative estimate of drug-likeness (QED) is 0.601. The van der Waals surface area contributed by atoms with Crippen LogP contribution in [0, 0.1) is 0 Å². The average molecular weight is 286 g/mol. The molecule has 0 atom stereocenters. The fraction of sp³-hybridized carbons (Fsp3) is 0.235. The summed E-state index contributed by atoms with van der Waals surface area (Å²) in [6, 6.07) is 16.2. The molecule has 110 valence electrons. The summed E-state index contributed by atoms with van der Waals surface area (Å²) in [5.74, 6) is 1.82. The van der Waals surface area contributed by atoms with Crippen molar-refractivity contribution >= 4 is 6.16 Å². The summed E-state index contributed by atoms with van der Waals surface area (Å²) in [5.41, 5.74) is -0.576. The van der Waals surface area contributed by atoms with E-state index in [9.17, 15) is 4.79 Å². The summed E-state index contributed by atoms with van der Waals surface area (Å²) in [5, 5.41) is 0. The first-order chi connectivity index (χ1) is 9.92. The Kier molecular flexibility index (Phi) is 4.48. The van der Waals surface area contributed by atoms with Gasteiger partial charge in [-0.2, -0.15) is 0 Å². The predicted octanol–water partition coefficient (Wildman–Crippen LogP) is 4.79. The molecule has 0 heterocycles. The molecule has 0 N–H and O–H groups in total. The minimum absolute atomic E-state index is 0.407. The molecule has 0 aromatic heterocycles. The standard InChI is InChI=1S/C17H18O4/c1-17(2,3)21-16(18)20-15-11-9-14(10-12-15)19-13-7-5-4-6-8-13/h4-12H,1-3H3. The Morgan fingerprint density at radius 1 is 0.810 bits per heavy atom. The highest BCUT2D eigenvalue weighted by atomic mass is 16.7. The summed E-state index contributed by atoms with van der Waals surface area (Å²) >= 11 is 0. The van der Waals surface area contributed by atoms with Crippen molar-refractivity contribution in [3.63, 3.8) is 0 Å². The Morgan fingerprint density at radius 3 is 1.90 bits per heavy atom. The minimum atomic E-state index is -0.723. The summed E-state index contributed by atoms with van der Waals surface area (Å²) < 4.78 is 15.8. The number of para-hydroxylation sites is 1. The molecular weight excluding hydrogens is 268 g/mol. The van der Waals surface area contributed by atoms with Gasteiger partial charge in [0.25, 0.3) is 0 Å². The van der Waals surface area contributed by atoms with Gasteiger partial charge in [-0.25, -0.2) is 4.79 Å². The molecule has 0 aliphatic rings. The fourth-order valence-corrected chi connectivity index (χ4v) is 1.57. The van der Waals surface area contributed by atoms with E-state index in [0.717, 1.165) is 5.75 Å². The highest BCUT2D eigenvalue weighted by molar-refractivity contribution is 5.64.